The quantitative estimate of drug-likeness (QED) is 0.594. The number of amides is 1. The fraction of sp³-hybridized carbons (Fsp3) is 0.682. The Balaban J connectivity index is 1.35. The van der Waals surface area contributed by atoms with E-state index >= 15 is 0 Å². The summed E-state index contributed by atoms with van der Waals surface area (Å²) in [7, 11) is -1.58. The normalized spacial score (nSPS) is 21.5. The fourth-order valence-electron chi connectivity index (χ4n) is 4.57. The molecule has 3 heterocycles. The lowest BCUT2D eigenvalue weighted by Gasteiger charge is -2.33. The SMILES string of the molecule is CCCn1nnc2cc(S(=O)(=O)N3CCCC(C(=O)NCCN4CCN(C)CC4)C3)ccc21. The van der Waals surface area contributed by atoms with Crippen molar-refractivity contribution in [2.45, 2.75) is 37.6 Å². The average molecular weight is 478 g/mol. The van der Waals surface area contributed by atoms with E-state index in [1.807, 2.05) is 0 Å². The predicted molar refractivity (Wildman–Crippen MR) is 126 cm³/mol. The molecule has 1 aromatic carbocycles. The minimum Gasteiger partial charge on any atom is -0.355 e. The Bertz CT molecular complexity index is 1060. The summed E-state index contributed by atoms with van der Waals surface area (Å²) in [5, 5.41) is 11.3. The van der Waals surface area contributed by atoms with Gasteiger partial charge in [0.1, 0.15) is 5.52 Å². The van der Waals surface area contributed by atoms with E-state index in [9.17, 15) is 13.2 Å². The van der Waals surface area contributed by atoms with Gasteiger partial charge in [-0.05, 0) is 44.5 Å². The van der Waals surface area contributed by atoms with Crippen LogP contribution in [-0.4, -0.2) is 103 Å². The number of likely N-dealkylation sites (N-methyl/N-ethyl adjacent to an activating group) is 1. The second kappa shape index (κ2) is 10.5. The maximum atomic E-state index is 13.3. The maximum Gasteiger partial charge on any atom is 0.243 e. The number of aryl methyl sites for hydroxylation is 1. The lowest BCUT2D eigenvalue weighted by atomic mass is 9.99. The van der Waals surface area contributed by atoms with Crippen LogP contribution in [0.1, 0.15) is 26.2 Å². The van der Waals surface area contributed by atoms with Crippen molar-refractivity contribution >= 4 is 27.0 Å². The van der Waals surface area contributed by atoms with Crippen molar-refractivity contribution < 1.29 is 13.2 Å². The summed E-state index contributed by atoms with van der Waals surface area (Å²) in [4.78, 5) is 17.6. The van der Waals surface area contributed by atoms with E-state index in [1.54, 1.807) is 22.9 Å². The summed E-state index contributed by atoms with van der Waals surface area (Å²) in [6.45, 7) is 8.97. The van der Waals surface area contributed by atoms with Gasteiger partial charge in [0.15, 0.2) is 0 Å². The predicted octanol–water partition coefficient (Wildman–Crippen LogP) is 0.606. The molecule has 1 unspecified atom stereocenters. The molecule has 1 aromatic heterocycles. The molecule has 2 aliphatic rings. The van der Waals surface area contributed by atoms with Crippen molar-refractivity contribution in [2.75, 3.05) is 59.4 Å². The zero-order valence-electron chi connectivity index (χ0n) is 19.6. The Morgan fingerprint density at radius 2 is 1.94 bits per heavy atom. The number of piperidine rings is 1. The van der Waals surface area contributed by atoms with Crippen molar-refractivity contribution in [3.8, 4) is 0 Å². The number of fused-ring (bicyclic) bond motifs is 1. The largest absolute Gasteiger partial charge is 0.355 e. The Labute approximate surface area is 195 Å². The van der Waals surface area contributed by atoms with Crippen molar-refractivity contribution in [2.24, 2.45) is 5.92 Å². The van der Waals surface area contributed by atoms with Crippen LogP contribution in [0.25, 0.3) is 11.0 Å². The van der Waals surface area contributed by atoms with Crippen molar-refractivity contribution in [3.63, 3.8) is 0 Å². The highest BCUT2D eigenvalue weighted by Crippen LogP contribution is 2.26. The Morgan fingerprint density at radius 1 is 1.15 bits per heavy atom. The monoisotopic (exact) mass is 477 g/mol. The summed E-state index contributed by atoms with van der Waals surface area (Å²) in [6, 6.07) is 4.97. The first-order valence-corrected chi connectivity index (χ1v) is 13.3. The van der Waals surface area contributed by atoms with Gasteiger partial charge in [-0.3, -0.25) is 9.69 Å². The third kappa shape index (κ3) is 5.53. The minimum atomic E-state index is -3.70. The van der Waals surface area contributed by atoms with Crippen LogP contribution in [0.2, 0.25) is 0 Å². The highest BCUT2D eigenvalue weighted by atomic mass is 32.2. The summed E-state index contributed by atoms with van der Waals surface area (Å²) < 4.78 is 29.8. The zero-order valence-corrected chi connectivity index (χ0v) is 20.4. The molecule has 2 aliphatic heterocycles. The molecule has 2 saturated heterocycles. The van der Waals surface area contributed by atoms with Gasteiger partial charge in [-0.2, -0.15) is 4.31 Å². The molecule has 11 heteroatoms. The van der Waals surface area contributed by atoms with Crippen LogP contribution < -0.4 is 5.32 Å². The van der Waals surface area contributed by atoms with E-state index in [0.717, 1.165) is 51.2 Å². The number of nitrogens with zero attached hydrogens (tertiary/aromatic N) is 6. The summed E-state index contributed by atoms with van der Waals surface area (Å²) in [5.41, 5.74) is 1.40. The molecule has 0 spiro atoms. The van der Waals surface area contributed by atoms with Crippen LogP contribution in [0.15, 0.2) is 23.1 Å². The number of nitrogens with one attached hydrogen (secondary N) is 1. The number of rotatable bonds is 8. The van der Waals surface area contributed by atoms with Crippen LogP contribution in [0.4, 0.5) is 0 Å². The van der Waals surface area contributed by atoms with E-state index < -0.39 is 10.0 Å². The van der Waals surface area contributed by atoms with Gasteiger partial charge in [0, 0.05) is 58.9 Å². The molecular weight excluding hydrogens is 442 g/mol. The fourth-order valence-corrected chi connectivity index (χ4v) is 6.11. The number of piperazine rings is 1. The molecule has 2 aromatic rings. The Morgan fingerprint density at radius 3 is 2.70 bits per heavy atom. The first-order valence-electron chi connectivity index (χ1n) is 11.9. The van der Waals surface area contributed by atoms with Gasteiger partial charge in [-0.25, -0.2) is 13.1 Å². The van der Waals surface area contributed by atoms with Crippen LogP contribution >= 0.6 is 0 Å². The average Bonchev–Trinajstić information content (AvgIpc) is 3.23. The molecule has 33 heavy (non-hydrogen) atoms. The molecule has 4 rings (SSSR count). The summed E-state index contributed by atoms with van der Waals surface area (Å²) in [6.07, 6.45) is 2.30. The van der Waals surface area contributed by atoms with Crippen LogP contribution in [0.3, 0.4) is 0 Å². The van der Waals surface area contributed by atoms with Crippen molar-refractivity contribution in [1.29, 1.82) is 0 Å². The molecule has 1 N–H and O–H groups in total. The summed E-state index contributed by atoms with van der Waals surface area (Å²) in [5.74, 6) is -0.378. The van der Waals surface area contributed by atoms with Crippen molar-refractivity contribution in [3.05, 3.63) is 18.2 Å². The number of carbonyl (C=O) groups is 1. The maximum absolute atomic E-state index is 13.3. The molecule has 2 fully saturated rings. The number of carbonyl (C=O) groups excluding carboxylic acids is 1. The van der Waals surface area contributed by atoms with Gasteiger partial charge >= 0.3 is 0 Å². The second-order valence-corrected chi connectivity index (χ2v) is 11.0. The minimum absolute atomic E-state index is 0.0537. The van der Waals surface area contributed by atoms with Crippen LogP contribution in [0, 0.1) is 5.92 Å². The van der Waals surface area contributed by atoms with Crippen molar-refractivity contribution in [1.82, 2.24) is 34.4 Å². The van der Waals surface area contributed by atoms with Gasteiger partial charge in [-0.1, -0.05) is 12.1 Å². The first kappa shape index (κ1) is 24.1. The topological polar surface area (TPSA) is 104 Å². The first-order chi connectivity index (χ1) is 15.9. The van der Waals surface area contributed by atoms with Gasteiger partial charge in [0.25, 0.3) is 0 Å². The van der Waals surface area contributed by atoms with Gasteiger partial charge in [0.05, 0.1) is 16.3 Å². The van der Waals surface area contributed by atoms with E-state index in [0.29, 0.717) is 31.4 Å². The van der Waals surface area contributed by atoms with E-state index in [4.69, 9.17) is 0 Å². The number of aromatic nitrogens is 3. The number of sulfonamides is 1. The highest BCUT2D eigenvalue weighted by Gasteiger charge is 2.33. The Hall–Kier alpha value is -2.08. The Kier molecular flexibility index (Phi) is 7.62. The lowest BCUT2D eigenvalue weighted by molar-refractivity contribution is -0.126. The molecular formula is C22H35N7O3S. The third-order valence-corrected chi connectivity index (χ3v) is 8.50. The standard InChI is InChI=1S/C22H35N7O3S/c1-3-9-29-21-7-6-19(16-20(21)24-25-29)33(31,32)28-10-4-5-18(17-28)22(30)23-8-11-27-14-12-26(2)13-15-27/h6-7,16,18H,3-5,8-15,17H2,1-2H3,(H,23,30). The third-order valence-electron chi connectivity index (χ3n) is 6.64. The van der Waals surface area contributed by atoms with Gasteiger partial charge in [0.2, 0.25) is 15.9 Å². The second-order valence-electron chi connectivity index (χ2n) is 9.10. The molecule has 0 saturated carbocycles. The summed E-state index contributed by atoms with van der Waals surface area (Å²) >= 11 is 0. The van der Waals surface area contributed by atoms with Gasteiger partial charge < -0.3 is 10.2 Å². The van der Waals surface area contributed by atoms with E-state index in [1.165, 1.54) is 4.31 Å². The molecule has 182 valence electrons. The smallest absolute Gasteiger partial charge is 0.243 e. The van der Waals surface area contributed by atoms with Gasteiger partial charge in [-0.15, -0.1) is 5.10 Å². The molecule has 0 radical (unpaired) electrons. The molecule has 1 atom stereocenters. The molecule has 10 nitrogen and oxygen atoms in total. The zero-order chi connectivity index (χ0) is 23.4. The van der Waals surface area contributed by atoms with E-state index in [-0.39, 0.29) is 23.3 Å². The number of hydrogen-bond acceptors (Lipinski definition) is 7. The van der Waals surface area contributed by atoms with Crippen LogP contribution in [-0.2, 0) is 21.4 Å². The van der Waals surface area contributed by atoms with Crippen LogP contribution in [0.5, 0.6) is 0 Å². The highest BCUT2D eigenvalue weighted by molar-refractivity contribution is 7.89. The molecule has 0 bridgehead atoms. The molecule has 0 aliphatic carbocycles. The van der Waals surface area contributed by atoms with E-state index in [2.05, 4.69) is 39.4 Å². The number of benzene rings is 1. The number of hydrogen-bond donors (Lipinski definition) is 1. The lowest BCUT2D eigenvalue weighted by Crippen LogP contribution is -2.49. The molecule has 1 amide bonds.